The molecular weight excluding hydrogens is 172 g/mol. The van der Waals surface area contributed by atoms with Crippen molar-refractivity contribution in [2.45, 2.75) is 19.4 Å². The highest BCUT2D eigenvalue weighted by atomic mass is 16.4. The third-order valence-corrected chi connectivity index (χ3v) is 1.55. The number of nitrogens with zero attached hydrogens (tertiary/aromatic N) is 2. The van der Waals surface area contributed by atoms with Crippen LogP contribution in [0.3, 0.4) is 0 Å². The second-order valence-electron chi connectivity index (χ2n) is 3.16. The van der Waals surface area contributed by atoms with Crippen molar-refractivity contribution in [2.24, 2.45) is 0 Å². The zero-order valence-electron chi connectivity index (χ0n) is 7.35. The Bertz CT molecular complexity index is 313. The maximum Gasteiger partial charge on any atom is 0.373 e. The van der Waals surface area contributed by atoms with Gasteiger partial charge in [0.15, 0.2) is 0 Å². The summed E-state index contributed by atoms with van der Waals surface area (Å²) in [7, 11) is 0. The first-order valence-electron chi connectivity index (χ1n) is 3.69. The molecule has 0 unspecified atom stereocenters. The monoisotopic (exact) mass is 182 g/mol. The molecule has 5 heteroatoms. The Morgan fingerprint density at radius 1 is 1.38 bits per heavy atom. The van der Waals surface area contributed by atoms with Gasteiger partial charge in [-0.05, 0) is 13.8 Å². The van der Waals surface area contributed by atoms with Gasteiger partial charge in [-0.1, -0.05) is 0 Å². The molecule has 0 aromatic carbocycles. The number of aromatic nitrogens is 2. The fourth-order valence-corrected chi connectivity index (χ4v) is 0.754. The van der Waals surface area contributed by atoms with E-state index in [0.717, 1.165) is 0 Å². The van der Waals surface area contributed by atoms with E-state index in [1.165, 1.54) is 12.4 Å². The zero-order valence-corrected chi connectivity index (χ0v) is 7.35. The van der Waals surface area contributed by atoms with E-state index in [-0.39, 0.29) is 5.82 Å². The van der Waals surface area contributed by atoms with Crippen LogP contribution in [0.2, 0.25) is 0 Å². The predicted octanol–water partition coefficient (Wildman–Crippen LogP) is 0.402. The van der Waals surface area contributed by atoms with Crippen molar-refractivity contribution < 1.29 is 15.0 Å². The molecule has 0 saturated heterocycles. The molecule has 0 aliphatic heterocycles. The molecule has 0 bridgehead atoms. The molecule has 0 amide bonds. The maximum absolute atomic E-state index is 10.4. The third kappa shape index (κ3) is 2.22. The van der Waals surface area contributed by atoms with E-state index in [0.29, 0.717) is 5.56 Å². The molecule has 13 heavy (non-hydrogen) atoms. The standard InChI is InChI=1S/C8H10N2O3/c1-8(2,13)5-3-9-6(7(11)12)10-4-5/h3-4,13H,1-2H3,(H,11,12). The van der Waals surface area contributed by atoms with Gasteiger partial charge in [0.05, 0.1) is 5.60 Å². The Morgan fingerprint density at radius 3 is 2.15 bits per heavy atom. The average molecular weight is 182 g/mol. The second kappa shape index (κ2) is 3.10. The fourth-order valence-electron chi connectivity index (χ4n) is 0.754. The van der Waals surface area contributed by atoms with Crippen LogP contribution in [0.1, 0.15) is 30.0 Å². The van der Waals surface area contributed by atoms with Crippen LogP contribution < -0.4 is 0 Å². The van der Waals surface area contributed by atoms with E-state index in [1.807, 2.05) is 0 Å². The van der Waals surface area contributed by atoms with Crippen molar-refractivity contribution in [3.05, 3.63) is 23.8 Å². The lowest BCUT2D eigenvalue weighted by molar-refractivity contribution is 0.0674. The van der Waals surface area contributed by atoms with E-state index in [4.69, 9.17) is 5.11 Å². The molecule has 1 aromatic rings. The van der Waals surface area contributed by atoms with Gasteiger partial charge in [-0.3, -0.25) is 0 Å². The second-order valence-corrected chi connectivity index (χ2v) is 3.16. The first-order chi connectivity index (χ1) is 5.91. The molecule has 1 aromatic heterocycles. The minimum Gasteiger partial charge on any atom is -0.475 e. The highest BCUT2D eigenvalue weighted by Crippen LogP contribution is 2.16. The van der Waals surface area contributed by atoms with Crippen molar-refractivity contribution in [2.75, 3.05) is 0 Å². The van der Waals surface area contributed by atoms with Gasteiger partial charge < -0.3 is 10.2 Å². The van der Waals surface area contributed by atoms with E-state index in [1.54, 1.807) is 13.8 Å². The first kappa shape index (κ1) is 9.60. The van der Waals surface area contributed by atoms with Gasteiger partial charge in [0.25, 0.3) is 0 Å². The van der Waals surface area contributed by atoms with Gasteiger partial charge in [-0.2, -0.15) is 0 Å². The van der Waals surface area contributed by atoms with E-state index < -0.39 is 11.6 Å². The van der Waals surface area contributed by atoms with Crippen molar-refractivity contribution in [1.82, 2.24) is 9.97 Å². The minimum absolute atomic E-state index is 0.270. The summed E-state index contributed by atoms with van der Waals surface area (Å²) in [6.45, 7) is 3.15. The number of hydrogen-bond acceptors (Lipinski definition) is 4. The van der Waals surface area contributed by atoms with E-state index >= 15 is 0 Å². The van der Waals surface area contributed by atoms with Gasteiger partial charge in [0.1, 0.15) is 0 Å². The lowest BCUT2D eigenvalue weighted by atomic mass is 10.0. The van der Waals surface area contributed by atoms with Crippen molar-refractivity contribution in [3.63, 3.8) is 0 Å². The molecule has 0 atom stereocenters. The molecule has 0 aliphatic carbocycles. The predicted molar refractivity (Wildman–Crippen MR) is 44.2 cm³/mol. The Labute approximate surface area is 75.1 Å². The van der Waals surface area contributed by atoms with E-state index in [2.05, 4.69) is 9.97 Å². The summed E-state index contributed by atoms with van der Waals surface area (Å²) in [4.78, 5) is 17.5. The Kier molecular flexibility index (Phi) is 2.29. The van der Waals surface area contributed by atoms with Crippen LogP contribution >= 0.6 is 0 Å². The summed E-state index contributed by atoms with van der Waals surface area (Å²) in [6.07, 6.45) is 2.60. The highest BCUT2D eigenvalue weighted by molar-refractivity contribution is 5.82. The molecule has 2 N–H and O–H groups in total. The largest absolute Gasteiger partial charge is 0.475 e. The maximum atomic E-state index is 10.4. The molecular formula is C8H10N2O3. The Morgan fingerprint density at radius 2 is 1.85 bits per heavy atom. The van der Waals surface area contributed by atoms with Crippen LogP contribution in [0.25, 0.3) is 0 Å². The fraction of sp³-hybridized carbons (Fsp3) is 0.375. The highest BCUT2D eigenvalue weighted by Gasteiger charge is 2.17. The minimum atomic E-state index is -1.18. The summed E-state index contributed by atoms with van der Waals surface area (Å²) in [6, 6.07) is 0. The van der Waals surface area contributed by atoms with Crippen LogP contribution in [-0.4, -0.2) is 26.2 Å². The number of carboxylic acid groups (broad SMARTS) is 1. The van der Waals surface area contributed by atoms with Crippen LogP contribution in [0.5, 0.6) is 0 Å². The summed E-state index contributed by atoms with van der Waals surface area (Å²) < 4.78 is 0. The van der Waals surface area contributed by atoms with Gasteiger partial charge in [0, 0.05) is 18.0 Å². The van der Waals surface area contributed by atoms with Crippen molar-refractivity contribution in [3.8, 4) is 0 Å². The van der Waals surface area contributed by atoms with Crippen LogP contribution in [0.15, 0.2) is 12.4 Å². The molecule has 1 heterocycles. The molecule has 1 rings (SSSR count). The summed E-state index contributed by atoms with van der Waals surface area (Å²) in [5.41, 5.74) is -0.561. The molecule has 0 aliphatic rings. The number of hydrogen-bond donors (Lipinski definition) is 2. The zero-order chi connectivity index (χ0) is 10.1. The van der Waals surface area contributed by atoms with Crippen molar-refractivity contribution >= 4 is 5.97 Å². The number of carboxylic acids is 1. The van der Waals surface area contributed by atoms with E-state index in [9.17, 15) is 9.90 Å². The number of carbonyl (C=O) groups is 1. The normalized spacial score (nSPS) is 11.3. The smallest absolute Gasteiger partial charge is 0.373 e. The van der Waals surface area contributed by atoms with Gasteiger partial charge in [-0.15, -0.1) is 0 Å². The molecule has 0 spiro atoms. The number of rotatable bonds is 2. The Balaban J connectivity index is 3.01. The number of aromatic carboxylic acids is 1. The molecule has 0 fully saturated rings. The third-order valence-electron chi connectivity index (χ3n) is 1.55. The van der Waals surface area contributed by atoms with Crippen LogP contribution in [-0.2, 0) is 5.60 Å². The lowest BCUT2D eigenvalue weighted by Gasteiger charge is -2.15. The van der Waals surface area contributed by atoms with Gasteiger partial charge >= 0.3 is 5.97 Å². The van der Waals surface area contributed by atoms with Crippen LogP contribution in [0.4, 0.5) is 0 Å². The molecule has 0 radical (unpaired) electrons. The molecule has 0 saturated carbocycles. The topological polar surface area (TPSA) is 83.3 Å². The summed E-state index contributed by atoms with van der Waals surface area (Å²) in [5, 5.41) is 18.0. The van der Waals surface area contributed by atoms with Crippen molar-refractivity contribution in [1.29, 1.82) is 0 Å². The lowest BCUT2D eigenvalue weighted by Crippen LogP contribution is -2.17. The van der Waals surface area contributed by atoms with Crippen LogP contribution in [0, 0.1) is 0 Å². The Hall–Kier alpha value is -1.49. The molecule has 5 nitrogen and oxygen atoms in total. The molecule has 70 valence electrons. The quantitative estimate of drug-likeness (QED) is 0.691. The first-order valence-corrected chi connectivity index (χ1v) is 3.69. The summed E-state index contributed by atoms with van der Waals surface area (Å²) >= 11 is 0. The van der Waals surface area contributed by atoms with Gasteiger partial charge in [0.2, 0.25) is 5.82 Å². The average Bonchev–Trinajstić information content (AvgIpc) is 2.03. The van der Waals surface area contributed by atoms with Gasteiger partial charge in [-0.25, -0.2) is 14.8 Å². The summed E-state index contributed by atoms with van der Waals surface area (Å²) in [5.74, 6) is -1.45. The SMILES string of the molecule is CC(C)(O)c1cnc(C(=O)O)nc1. The number of aliphatic hydroxyl groups is 1.